The zero-order valence-electron chi connectivity index (χ0n) is 3.65. The molecule has 6 heavy (non-hydrogen) atoms. The quantitative estimate of drug-likeness (QED) is 0.575. The van der Waals surface area contributed by atoms with E-state index >= 15 is 0 Å². The smallest absolute Gasteiger partial charge is 0.0145 e. The maximum Gasteiger partial charge on any atom is 0.0145 e. The highest BCUT2D eigenvalue weighted by Crippen LogP contribution is 1.81. The largest absolute Gasteiger partial charge is 0.327 e. The van der Waals surface area contributed by atoms with E-state index in [9.17, 15) is 0 Å². The van der Waals surface area contributed by atoms with Crippen LogP contribution in [0.2, 0.25) is 0 Å². The molecule has 0 rings (SSSR count). The van der Waals surface area contributed by atoms with Crippen molar-refractivity contribution in [2.24, 2.45) is 5.73 Å². The van der Waals surface area contributed by atoms with Gasteiger partial charge in [-0.1, -0.05) is 22.6 Å². The molecule has 0 radical (unpaired) electrons. The van der Waals surface area contributed by atoms with Crippen molar-refractivity contribution in [3.8, 4) is 0 Å². The molecule has 0 aliphatic heterocycles. The second-order valence-electron chi connectivity index (χ2n) is 1.13. The summed E-state index contributed by atoms with van der Waals surface area (Å²) in [5, 5.41) is 0. The van der Waals surface area contributed by atoms with E-state index in [1.807, 2.05) is 6.92 Å². The Labute approximate surface area is 69.2 Å². The molecule has 1 nitrogen and oxygen atoms in total. The van der Waals surface area contributed by atoms with Crippen LogP contribution in [0.3, 0.4) is 0 Å². The standard InChI is InChI=1S/C3H8IN.HI/c1-3(5)2-4;/h3H,2,5H2,1H3;1H. The Morgan fingerprint density at radius 3 is 2.00 bits per heavy atom. The van der Waals surface area contributed by atoms with Crippen LogP contribution in [0.4, 0.5) is 0 Å². The average Bonchev–Trinajstić information content (AvgIpc) is 1.38. The number of hydrogen-bond acceptors (Lipinski definition) is 1. The summed E-state index contributed by atoms with van der Waals surface area (Å²) in [5.74, 6) is 0. The second kappa shape index (κ2) is 6.42. The predicted molar refractivity (Wildman–Crippen MR) is 48.0 cm³/mol. The van der Waals surface area contributed by atoms with Gasteiger partial charge in [0.2, 0.25) is 0 Å². The lowest BCUT2D eigenvalue weighted by molar-refractivity contribution is 0.860. The maximum atomic E-state index is 5.28. The number of alkyl halides is 1. The number of nitrogens with two attached hydrogens (primary N) is 1. The lowest BCUT2D eigenvalue weighted by atomic mass is 10.4. The van der Waals surface area contributed by atoms with Gasteiger partial charge in [0.15, 0.2) is 0 Å². The van der Waals surface area contributed by atoms with Gasteiger partial charge in [0, 0.05) is 10.5 Å². The normalized spacial score (nSPS) is 12.5. The molecule has 0 spiro atoms. The Morgan fingerprint density at radius 1 is 1.83 bits per heavy atom. The molecule has 0 saturated carbocycles. The first kappa shape index (κ1) is 10.4. The highest BCUT2D eigenvalue weighted by atomic mass is 127. The second-order valence-corrected chi connectivity index (χ2v) is 2.01. The predicted octanol–water partition coefficient (Wildman–Crippen LogP) is 1.39. The van der Waals surface area contributed by atoms with Gasteiger partial charge < -0.3 is 5.73 Å². The molecule has 0 aliphatic rings. The van der Waals surface area contributed by atoms with E-state index in [1.165, 1.54) is 0 Å². The summed E-state index contributed by atoms with van der Waals surface area (Å²) in [6.07, 6.45) is 0. The lowest BCUT2D eigenvalue weighted by Gasteiger charge is -1.90. The molecule has 0 aliphatic carbocycles. The molecule has 0 aromatic rings. The van der Waals surface area contributed by atoms with Crippen LogP contribution in [-0.4, -0.2) is 10.5 Å². The Hall–Kier alpha value is 1.42. The Balaban J connectivity index is 0. The minimum Gasteiger partial charge on any atom is -0.327 e. The SMILES string of the molecule is CC(N)CI.I. The molecule has 0 aromatic carbocycles. The number of rotatable bonds is 1. The van der Waals surface area contributed by atoms with E-state index in [2.05, 4.69) is 22.6 Å². The first-order valence-electron chi connectivity index (χ1n) is 1.59. The fraction of sp³-hybridized carbons (Fsp3) is 1.00. The maximum absolute atomic E-state index is 5.28. The van der Waals surface area contributed by atoms with Crippen molar-refractivity contribution in [3.63, 3.8) is 0 Å². The molecule has 40 valence electrons. The van der Waals surface area contributed by atoms with Gasteiger partial charge >= 0.3 is 0 Å². The molecule has 1 unspecified atom stereocenters. The van der Waals surface area contributed by atoms with E-state index < -0.39 is 0 Å². The number of halogens is 2. The van der Waals surface area contributed by atoms with Gasteiger partial charge in [-0.05, 0) is 6.92 Å². The highest BCUT2D eigenvalue weighted by molar-refractivity contribution is 14.1. The van der Waals surface area contributed by atoms with Crippen LogP contribution in [0.1, 0.15) is 6.92 Å². The van der Waals surface area contributed by atoms with Crippen molar-refractivity contribution in [3.05, 3.63) is 0 Å². The van der Waals surface area contributed by atoms with Gasteiger partial charge in [0.05, 0.1) is 0 Å². The third-order valence-electron chi connectivity index (χ3n) is 0.243. The summed E-state index contributed by atoms with van der Waals surface area (Å²) < 4.78 is 1.05. The number of hydrogen-bond donors (Lipinski definition) is 1. The molecular formula is C3H9I2N. The summed E-state index contributed by atoms with van der Waals surface area (Å²) in [7, 11) is 0. The van der Waals surface area contributed by atoms with E-state index in [0.717, 1.165) is 4.43 Å². The first-order chi connectivity index (χ1) is 2.27. The van der Waals surface area contributed by atoms with Gasteiger partial charge in [0.25, 0.3) is 0 Å². The van der Waals surface area contributed by atoms with Crippen LogP contribution in [0.5, 0.6) is 0 Å². The van der Waals surface area contributed by atoms with Crippen LogP contribution in [0, 0.1) is 0 Å². The van der Waals surface area contributed by atoms with Crippen molar-refractivity contribution in [1.29, 1.82) is 0 Å². The van der Waals surface area contributed by atoms with E-state index in [0.29, 0.717) is 6.04 Å². The minimum absolute atomic E-state index is 0. The summed E-state index contributed by atoms with van der Waals surface area (Å²) in [6.45, 7) is 1.99. The molecule has 0 heterocycles. The van der Waals surface area contributed by atoms with Crippen molar-refractivity contribution in [2.45, 2.75) is 13.0 Å². The van der Waals surface area contributed by atoms with Crippen LogP contribution in [0.25, 0.3) is 0 Å². The molecule has 1 atom stereocenters. The minimum atomic E-state index is 0. The molecular weight excluding hydrogens is 304 g/mol. The monoisotopic (exact) mass is 313 g/mol. The molecule has 2 N–H and O–H groups in total. The fourth-order valence-electron chi connectivity index (χ4n) is 0. The Kier molecular flexibility index (Phi) is 11.1. The van der Waals surface area contributed by atoms with E-state index in [4.69, 9.17) is 5.73 Å². The summed E-state index contributed by atoms with van der Waals surface area (Å²) in [6, 6.07) is 0.371. The Morgan fingerprint density at radius 2 is 2.00 bits per heavy atom. The van der Waals surface area contributed by atoms with Crippen LogP contribution in [0.15, 0.2) is 0 Å². The molecule has 0 bridgehead atoms. The summed E-state index contributed by atoms with van der Waals surface area (Å²) >= 11 is 2.25. The van der Waals surface area contributed by atoms with Crippen molar-refractivity contribution in [2.75, 3.05) is 4.43 Å². The molecule has 0 saturated heterocycles. The van der Waals surface area contributed by atoms with Crippen LogP contribution in [-0.2, 0) is 0 Å². The molecule has 0 fully saturated rings. The molecule has 3 heteroatoms. The van der Waals surface area contributed by atoms with Gasteiger partial charge in [-0.2, -0.15) is 0 Å². The summed E-state index contributed by atoms with van der Waals surface area (Å²) in [4.78, 5) is 0. The topological polar surface area (TPSA) is 26.0 Å². The van der Waals surface area contributed by atoms with Crippen molar-refractivity contribution < 1.29 is 0 Å². The summed E-state index contributed by atoms with van der Waals surface area (Å²) in [5.41, 5.74) is 5.28. The Bertz CT molecular complexity index is 22.8. The molecule has 0 amide bonds. The van der Waals surface area contributed by atoms with Gasteiger partial charge in [-0.3, -0.25) is 0 Å². The first-order valence-corrected chi connectivity index (χ1v) is 3.11. The fourth-order valence-corrected chi connectivity index (χ4v) is 0. The van der Waals surface area contributed by atoms with E-state index in [-0.39, 0.29) is 24.0 Å². The van der Waals surface area contributed by atoms with Crippen molar-refractivity contribution in [1.82, 2.24) is 0 Å². The molecule has 0 aromatic heterocycles. The van der Waals surface area contributed by atoms with Crippen LogP contribution >= 0.6 is 46.6 Å². The van der Waals surface area contributed by atoms with E-state index in [1.54, 1.807) is 0 Å². The highest BCUT2D eigenvalue weighted by Gasteiger charge is 1.81. The van der Waals surface area contributed by atoms with Gasteiger partial charge in [0.1, 0.15) is 0 Å². The zero-order valence-corrected chi connectivity index (χ0v) is 8.14. The zero-order chi connectivity index (χ0) is 4.28. The third-order valence-corrected chi connectivity index (χ3v) is 1.63. The van der Waals surface area contributed by atoms with Crippen molar-refractivity contribution >= 4 is 46.6 Å². The average molecular weight is 313 g/mol. The van der Waals surface area contributed by atoms with Gasteiger partial charge in [-0.25, -0.2) is 0 Å². The van der Waals surface area contributed by atoms with Gasteiger partial charge in [-0.15, -0.1) is 24.0 Å². The third kappa shape index (κ3) is 9.05. The lowest BCUT2D eigenvalue weighted by Crippen LogP contribution is -2.15. The van der Waals surface area contributed by atoms with Crippen LogP contribution < -0.4 is 5.73 Å².